The lowest BCUT2D eigenvalue weighted by atomic mass is 10.2. The van der Waals surface area contributed by atoms with Crippen molar-refractivity contribution in [3.05, 3.63) is 31.8 Å². The molecule has 1 aromatic carbocycles. The number of hydrogen-bond donors (Lipinski definition) is 0. The summed E-state index contributed by atoms with van der Waals surface area (Å²) < 4.78 is 1.96. The Morgan fingerprint density at radius 3 is 2.76 bits per heavy atom. The highest BCUT2D eigenvalue weighted by Gasteiger charge is 2.33. The zero-order chi connectivity index (χ0) is 12.4. The lowest BCUT2D eigenvalue weighted by molar-refractivity contribution is 0.0753. The Balaban J connectivity index is 2.24. The van der Waals surface area contributed by atoms with Crippen molar-refractivity contribution < 1.29 is 4.79 Å². The molecule has 2 nitrogen and oxygen atoms in total. The van der Waals surface area contributed by atoms with Crippen LogP contribution in [0.15, 0.2) is 22.7 Å². The van der Waals surface area contributed by atoms with E-state index in [2.05, 4.69) is 54.5 Å². The normalized spacial score (nSPS) is 14.8. The van der Waals surface area contributed by atoms with Gasteiger partial charge >= 0.3 is 0 Å². The molecule has 0 radical (unpaired) electrons. The van der Waals surface area contributed by atoms with E-state index < -0.39 is 0 Å². The van der Waals surface area contributed by atoms with Crippen molar-refractivity contribution in [2.75, 3.05) is 11.9 Å². The van der Waals surface area contributed by atoms with Crippen LogP contribution in [0, 0.1) is 3.57 Å². The van der Waals surface area contributed by atoms with Crippen LogP contribution in [0.2, 0.25) is 0 Å². The van der Waals surface area contributed by atoms with Gasteiger partial charge in [0, 0.05) is 26.0 Å². The maximum atomic E-state index is 12.5. The number of carbonyl (C=O) groups is 1. The second-order valence-corrected chi connectivity index (χ2v) is 6.94. The summed E-state index contributed by atoms with van der Waals surface area (Å²) in [6.45, 7) is 0.779. The Labute approximate surface area is 132 Å². The van der Waals surface area contributed by atoms with Gasteiger partial charge in [0.05, 0.1) is 5.56 Å². The van der Waals surface area contributed by atoms with Gasteiger partial charge in [-0.3, -0.25) is 4.79 Å². The number of hydrogen-bond acceptors (Lipinski definition) is 1. The van der Waals surface area contributed by atoms with Gasteiger partial charge < -0.3 is 4.90 Å². The van der Waals surface area contributed by atoms with Gasteiger partial charge in [-0.2, -0.15) is 0 Å². The molecule has 0 heterocycles. The molecule has 2 rings (SSSR count). The zero-order valence-electron chi connectivity index (χ0n) is 9.13. The van der Waals surface area contributed by atoms with Crippen molar-refractivity contribution in [2.24, 2.45) is 0 Å². The molecule has 0 saturated heterocycles. The summed E-state index contributed by atoms with van der Waals surface area (Å²) in [5, 5.41) is 0.830. The Kier molecular flexibility index (Phi) is 4.88. The Morgan fingerprint density at radius 2 is 2.18 bits per heavy atom. The zero-order valence-corrected chi connectivity index (χ0v) is 14.5. The van der Waals surface area contributed by atoms with Gasteiger partial charge in [-0.15, -0.1) is 0 Å². The summed E-state index contributed by atoms with van der Waals surface area (Å²) in [5.74, 6) is 0.136. The maximum Gasteiger partial charge on any atom is 0.255 e. The largest absolute Gasteiger partial charge is 0.335 e. The average molecular weight is 473 g/mol. The molecule has 1 amide bonds. The molecule has 0 N–H and O–H groups in total. The Morgan fingerprint density at radius 1 is 1.47 bits per heavy atom. The third-order valence-corrected chi connectivity index (χ3v) is 4.45. The number of alkyl halides is 1. The minimum absolute atomic E-state index is 0.136. The highest BCUT2D eigenvalue weighted by atomic mass is 127. The molecule has 92 valence electrons. The highest BCUT2D eigenvalue weighted by Crippen LogP contribution is 2.30. The quantitative estimate of drug-likeness (QED) is 0.478. The molecule has 17 heavy (non-hydrogen) atoms. The van der Waals surface area contributed by atoms with Crippen LogP contribution in [0.1, 0.15) is 23.2 Å². The predicted molar refractivity (Wildman–Crippen MR) is 84.7 cm³/mol. The van der Waals surface area contributed by atoms with Crippen molar-refractivity contribution in [2.45, 2.75) is 18.9 Å². The van der Waals surface area contributed by atoms with Crippen molar-refractivity contribution >= 4 is 60.4 Å². The monoisotopic (exact) mass is 471 g/mol. The topological polar surface area (TPSA) is 20.3 Å². The first-order valence-corrected chi connectivity index (χ1v) is 8.45. The molecule has 0 aliphatic heterocycles. The van der Waals surface area contributed by atoms with E-state index in [1.54, 1.807) is 0 Å². The van der Waals surface area contributed by atoms with Crippen molar-refractivity contribution in [1.29, 1.82) is 0 Å². The molecule has 0 unspecified atom stereocenters. The van der Waals surface area contributed by atoms with Gasteiger partial charge in [0.2, 0.25) is 0 Å². The number of nitrogens with zero attached hydrogens (tertiary/aromatic N) is 1. The predicted octanol–water partition coefficient (Wildman–Crippen LogP) is 4.05. The molecule has 1 aliphatic carbocycles. The van der Waals surface area contributed by atoms with Crippen LogP contribution < -0.4 is 0 Å². The van der Waals surface area contributed by atoms with Gasteiger partial charge in [0.15, 0.2) is 0 Å². The third kappa shape index (κ3) is 3.44. The van der Waals surface area contributed by atoms with Crippen molar-refractivity contribution in [3.8, 4) is 0 Å². The second kappa shape index (κ2) is 6.02. The molecule has 1 saturated carbocycles. The van der Waals surface area contributed by atoms with E-state index in [9.17, 15) is 4.79 Å². The lowest BCUT2D eigenvalue weighted by Gasteiger charge is -2.22. The van der Waals surface area contributed by atoms with E-state index in [-0.39, 0.29) is 5.91 Å². The van der Waals surface area contributed by atoms with E-state index in [4.69, 9.17) is 0 Å². The van der Waals surface area contributed by atoms with Crippen LogP contribution in [-0.4, -0.2) is 28.7 Å². The van der Waals surface area contributed by atoms with Crippen LogP contribution >= 0.6 is 54.5 Å². The summed E-state index contributed by atoms with van der Waals surface area (Å²) in [5.41, 5.74) is 0.768. The van der Waals surface area contributed by atoms with Gasteiger partial charge in [-0.05, 0) is 69.6 Å². The van der Waals surface area contributed by atoms with Gasteiger partial charge in [-0.1, -0.05) is 15.9 Å². The molecule has 1 aliphatic rings. The fourth-order valence-electron chi connectivity index (χ4n) is 1.74. The molecule has 0 spiro atoms. The maximum absolute atomic E-state index is 12.5. The number of carbonyl (C=O) groups excluding carboxylic acids is 1. The fraction of sp³-hybridized carbons (Fsp3) is 0.417. The van der Waals surface area contributed by atoms with Crippen LogP contribution in [-0.2, 0) is 0 Å². The molecule has 0 aromatic heterocycles. The SMILES string of the molecule is O=C(c1cc(I)ccc1Br)N(CCBr)C1CC1. The summed E-state index contributed by atoms with van der Waals surface area (Å²) in [6, 6.07) is 6.32. The van der Waals surface area contributed by atoms with Crippen LogP contribution in [0.3, 0.4) is 0 Å². The standard InChI is InChI=1S/C12H12Br2INO/c13-5-6-16(9-2-3-9)12(17)10-7-8(15)1-4-11(10)14/h1,4,7,9H,2-3,5-6H2. The molecular weight excluding hydrogens is 461 g/mol. The van der Waals surface area contributed by atoms with Crippen molar-refractivity contribution in [3.63, 3.8) is 0 Å². The highest BCUT2D eigenvalue weighted by molar-refractivity contribution is 14.1. The second-order valence-electron chi connectivity index (χ2n) is 4.04. The molecule has 1 aromatic rings. The molecule has 5 heteroatoms. The molecule has 1 fully saturated rings. The molecule has 0 atom stereocenters. The first-order chi connectivity index (χ1) is 8.13. The van der Waals surface area contributed by atoms with E-state index in [0.717, 1.165) is 38.3 Å². The first-order valence-electron chi connectivity index (χ1n) is 5.45. The van der Waals surface area contributed by atoms with Crippen LogP contribution in [0.4, 0.5) is 0 Å². The molecular formula is C12H12Br2INO. The first kappa shape index (κ1) is 13.8. The lowest BCUT2D eigenvalue weighted by Crippen LogP contribution is -2.34. The number of benzene rings is 1. The third-order valence-electron chi connectivity index (χ3n) is 2.73. The minimum atomic E-state index is 0.136. The summed E-state index contributed by atoms with van der Waals surface area (Å²) in [6.07, 6.45) is 2.28. The summed E-state index contributed by atoms with van der Waals surface area (Å²) in [4.78, 5) is 14.4. The Bertz CT molecular complexity index is 435. The average Bonchev–Trinajstić information content (AvgIpc) is 3.12. The van der Waals surface area contributed by atoms with Gasteiger partial charge in [-0.25, -0.2) is 0 Å². The fourth-order valence-corrected chi connectivity index (χ4v) is 3.03. The van der Waals surface area contributed by atoms with Crippen molar-refractivity contribution in [1.82, 2.24) is 4.90 Å². The summed E-state index contributed by atoms with van der Waals surface area (Å²) >= 11 is 9.10. The van der Waals surface area contributed by atoms with E-state index in [1.165, 1.54) is 0 Å². The summed E-state index contributed by atoms with van der Waals surface area (Å²) in [7, 11) is 0. The smallest absolute Gasteiger partial charge is 0.255 e. The Hall–Kier alpha value is 0.380. The van der Waals surface area contributed by atoms with Gasteiger partial charge in [0.1, 0.15) is 0 Å². The number of amides is 1. The number of rotatable bonds is 4. The van der Waals surface area contributed by atoms with E-state index >= 15 is 0 Å². The van der Waals surface area contributed by atoms with Crippen LogP contribution in [0.25, 0.3) is 0 Å². The van der Waals surface area contributed by atoms with E-state index in [0.29, 0.717) is 6.04 Å². The van der Waals surface area contributed by atoms with Gasteiger partial charge in [0.25, 0.3) is 5.91 Å². The van der Waals surface area contributed by atoms with E-state index in [1.807, 2.05) is 23.1 Å². The van der Waals surface area contributed by atoms with Crippen LogP contribution in [0.5, 0.6) is 0 Å². The minimum Gasteiger partial charge on any atom is -0.335 e. The number of halogens is 3. The molecule has 0 bridgehead atoms.